The molecule has 178 valence electrons. The maximum atomic E-state index is 13.0. The number of nitrogens with zero attached hydrogens (tertiary/aromatic N) is 5. The van der Waals surface area contributed by atoms with Crippen molar-refractivity contribution in [3.05, 3.63) is 64.8 Å². The molecule has 0 aliphatic carbocycles. The number of hydrogen-bond donors (Lipinski definition) is 1. The summed E-state index contributed by atoms with van der Waals surface area (Å²) in [6.07, 6.45) is 3.51. The molecule has 0 spiro atoms. The van der Waals surface area contributed by atoms with Gasteiger partial charge >= 0.3 is 5.97 Å². The Labute approximate surface area is 197 Å². The predicted octanol–water partition coefficient (Wildman–Crippen LogP) is 2.06. The minimum Gasteiger partial charge on any atom is -0.452 e. The smallest absolute Gasteiger partial charge is 0.309 e. The lowest BCUT2D eigenvalue weighted by molar-refractivity contribution is -0.158. The number of carbonyl (C=O) groups is 2. The van der Waals surface area contributed by atoms with E-state index in [2.05, 4.69) is 15.3 Å². The first-order valence-corrected chi connectivity index (χ1v) is 11.2. The summed E-state index contributed by atoms with van der Waals surface area (Å²) in [4.78, 5) is 48.9. The molecule has 2 aromatic heterocycles. The molecule has 0 bridgehead atoms. The summed E-state index contributed by atoms with van der Waals surface area (Å²) in [7, 11) is 1.75. The third-order valence-electron chi connectivity index (χ3n) is 6.13. The van der Waals surface area contributed by atoms with Gasteiger partial charge in [0.15, 0.2) is 6.10 Å². The lowest BCUT2D eigenvalue weighted by Crippen LogP contribution is -2.40. The van der Waals surface area contributed by atoms with E-state index in [0.29, 0.717) is 43.3 Å². The van der Waals surface area contributed by atoms with Crippen LogP contribution in [0.1, 0.15) is 25.5 Å². The van der Waals surface area contributed by atoms with Crippen molar-refractivity contribution in [2.24, 2.45) is 13.0 Å². The lowest BCUT2D eigenvalue weighted by atomic mass is 9.97. The van der Waals surface area contributed by atoms with Crippen molar-refractivity contribution in [2.75, 3.05) is 23.3 Å². The lowest BCUT2D eigenvalue weighted by Gasteiger charge is -2.31. The number of benzene rings is 1. The minimum atomic E-state index is -1.04. The second-order valence-corrected chi connectivity index (χ2v) is 8.32. The molecule has 1 aromatic carbocycles. The van der Waals surface area contributed by atoms with Crippen LogP contribution in [0.4, 0.5) is 11.6 Å². The van der Waals surface area contributed by atoms with Gasteiger partial charge in [-0.1, -0.05) is 18.2 Å². The molecule has 1 fully saturated rings. The fraction of sp³-hybridized carbons (Fsp3) is 0.375. The van der Waals surface area contributed by atoms with Gasteiger partial charge < -0.3 is 15.0 Å². The predicted molar refractivity (Wildman–Crippen MR) is 127 cm³/mol. The van der Waals surface area contributed by atoms with Crippen molar-refractivity contribution in [1.29, 1.82) is 0 Å². The number of ether oxygens (including phenoxy) is 1. The van der Waals surface area contributed by atoms with Gasteiger partial charge in [-0.15, -0.1) is 0 Å². The molecule has 1 aliphatic heterocycles. The second kappa shape index (κ2) is 9.90. The highest BCUT2D eigenvalue weighted by atomic mass is 16.5. The van der Waals surface area contributed by atoms with Crippen molar-refractivity contribution in [3.63, 3.8) is 0 Å². The van der Waals surface area contributed by atoms with E-state index in [0.717, 1.165) is 0 Å². The molecule has 1 atom stereocenters. The van der Waals surface area contributed by atoms with Crippen LogP contribution in [0.3, 0.4) is 0 Å². The average Bonchev–Trinajstić information content (AvgIpc) is 3.08. The number of rotatable bonds is 6. The third-order valence-corrected chi connectivity index (χ3v) is 6.13. The number of amides is 1. The van der Waals surface area contributed by atoms with Crippen molar-refractivity contribution in [2.45, 2.75) is 32.8 Å². The van der Waals surface area contributed by atoms with Crippen molar-refractivity contribution in [3.8, 4) is 5.69 Å². The van der Waals surface area contributed by atoms with Crippen LogP contribution in [-0.2, 0) is 21.4 Å². The molecule has 0 saturated carbocycles. The Morgan fingerprint density at radius 1 is 1.09 bits per heavy atom. The normalized spacial score (nSPS) is 15.1. The van der Waals surface area contributed by atoms with Crippen molar-refractivity contribution >= 4 is 23.5 Å². The highest BCUT2D eigenvalue weighted by Gasteiger charge is 2.30. The van der Waals surface area contributed by atoms with E-state index in [9.17, 15) is 14.4 Å². The Balaban J connectivity index is 1.37. The highest BCUT2D eigenvalue weighted by molar-refractivity contribution is 5.95. The number of carbonyl (C=O) groups excluding carboxylic acids is 2. The number of aromatic nitrogens is 4. The van der Waals surface area contributed by atoms with Gasteiger partial charge in [-0.2, -0.15) is 0 Å². The van der Waals surface area contributed by atoms with Gasteiger partial charge in [-0.3, -0.25) is 19.1 Å². The number of piperidine rings is 1. The SMILES string of the molecule is Cc1c(NC(=O)C(C)OC(=O)C2CCN(c3ncccn3)CC2)c(=O)n(-c2ccccc2)n1C. The van der Waals surface area contributed by atoms with Gasteiger partial charge in [-0.25, -0.2) is 14.6 Å². The maximum absolute atomic E-state index is 13.0. The van der Waals surface area contributed by atoms with Crippen LogP contribution in [0.2, 0.25) is 0 Å². The minimum absolute atomic E-state index is 0.162. The van der Waals surface area contributed by atoms with Crippen LogP contribution in [0.25, 0.3) is 5.69 Å². The van der Waals surface area contributed by atoms with Gasteiger partial charge in [-0.05, 0) is 44.9 Å². The fourth-order valence-electron chi connectivity index (χ4n) is 4.03. The molecule has 1 unspecified atom stereocenters. The zero-order chi connectivity index (χ0) is 24.2. The van der Waals surface area contributed by atoms with Gasteiger partial charge in [0.25, 0.3) is 11.5 Å². The summed E-state index contributed by atoms with van der Waals surface area (Å²) in [6, 6.07) is 10.9. The zero-order valence-electron chi connectivity index (χ0n) is 19.5. The Bertz CT molecular complexity index is 1210. The molecule has 0 radical (unpaired) electrons. The van der Waals surface area contributed by atoms with Crippen molar-refractivity contribution in [1.82, 2.24) is 19.3 Å². The number of para-hydroxylation sites is 1. The molecule has 1 amide bonds. The van der Waals surface area contributed by atoms with Gasteiger partial charge in [0.1, 0.15) is 5.69 Å². The third kappa shape index (κ3) is 4.70. The summed E-state index contributed by atoms with van der Waals surface area (Å²) in [5, 5.41) is 2.65. The van der Waals surface area contributed by atoms with E-state index in [-0.39, 0.29) is 17.2 Å². The Morgan fingerprint density at radius 2 is 1.74 bits per heavy atom. The van der Waals surface area contributed by atoms with Crippen LogP contribution in [0, 0.1) is 12.8 Å². The summed E-state index contributed by atoms with van der Waals surface area (Å²) in [5.41, 5.74) is 1.09. The molecule has 1 N–H and O–H groups in total. The van der Waals surface area contributed by atoms with E-state index in [1.54, 1.807) is 37.1 Å². The molecular weight excluding hydrogens is 436 g/mol. The van der Waals surface area contributed by atoms with Crippen LogP contribution in [0.5, 0.6) is 0 Å². The first-order chi connectivity index (χ1) is 16.4. The largest absolute Gasteiger partial charge is 0.452 e. The summed E-state index contributed by atoms with van der Waals surface area (Å²) < 4.78 is 8.60. The van der Waals surface area contributed by atoms with Crippen molar-refractivity contribution < 1.29 is 14.3 Å². The average molecular weight is 465 g/mol. The van der Waals surface area contributed by atoms with E-state index >= 15 is 0 Å². The molecule has 4 rings (SSSR count). The topological polar surface area (TPSA) is 111 Å². The summed E-state index contributed by atoms with van der Waals surface area (Å²) in [5.74, 6) is -0.623. The van der Waals surface area contributed by atoms with Gasteiger partial charge in [0, 0.05) is 32.5 Å². The first kappa shape index (κ1) is 23.2. The van der Waals surface area contributed by atoms with Crippen LogP contribution in [0.15, 0.2) is 53.6 Å². The molecule has 10 heteroatoms. The molecule has 3 heterocycles. The summed E-state index contributed by atoms with van der Waals surface area (Å²) in [6.45, 7) is 4.52. The van der Waals surface area contributed by atoms with Crippen LogP contribution < -0.4 is 15.8 Å². The highest BCUT2D eigenvalue weighted by Crippen LogP contribution is 2.22. The maximum Gasteiger partial charge on any atom is 0.309 e. The fourth-order valence-corrected chi connectivity index (χ4v) is 4.03. The molecule has 10 nitrogen and oxygen atoms in total. The first-order valence-electron chi connectivity index (χ1n) is 11.2. The Hall–Kier alpha value is -3.95. The quantitative estimate of drug-likeness (QED) is 0.556. The van der Waals surface area contributed by atoms with Crippen LogP contribution in [-0.4, -0.2) is 50.4 Å². The monoisotopic (exact) mass is 464 g/mol. The number of esters is 1. The number of anilines is 2. The van der Waals surface area contributed by atoms with E-state index in [1.165, 1.54) is 11.6 Å². The molecule has 1 saturated heterocycles. The Morgan fingerprint density at radius 3 is 2.38 bits per heavy atom. The van der Waals surface area contributed by atoms with E-state index in [1.807, 2.05) is 35.2 Å². The number of nitrogens with one attached hydrogen (secondary N) is 1. The molecular formula is C24H28N6O4. The standard InChI is InChI=1S/C24H28N6O4/c1-16-20(22(32)30(28(16)3)19-8-5-4-6-9-19)27-21(31)17(2)34-23(33)18-10-14-29(15-11-18)24-25-12-7-13-26-24/h4-9,12-13,17-18H,10-11,14-15H2,1-3H3,(H,27,31). The second-order valence-electron chi connectivity index (χ2n) is 8.32. The van der Waals surface area contributed by atoms with E-state index in [4.69, 9.17) is 4.74 Å². The molecule has 1 aliphatic rings. The van der Waals surface area contributed by atoms with E-state index < -0.39 is 18.0 Å². The van der Waals surface area contributed by atoms with Gasteiger partial charge in [0.05, 0.1) is 17.3 Å². The summed E-state index contributed by atoms with van der Waals surface area (Å²) >= 11 is 0. The molecule has 34 heavy (non-hydrogen) atoms. The zero-order valence-corrected chi connectivity index (χ0v) is 19.5. The van der Waals surface area contributed by atoms with Gasteiger partial charge in [0.2, 0.25) is 5.95 Å². The Kier molecular flexibility index (Phi) is 6.76. The van der Waals surface area contributed by atoms with Crippen LogP contribution >= 0.6 is 0 Å². The molecule has 3 aromatic rings. The number of hydrogen-bond acceptors (Lipinski definition) is 7.